The van der Waals surface area contributed by atoms with Crippen LogP contribution >= 0.6 is 0 Å². The van der Waals surface area contributed by atoms with E-state index in [1.165, 1.54) is 0 Å². The third-order valence-electron chi connectivity index (χ3n) is 4.19. The quantitative estimate of drug-likeness (QED) is 0.725. The minimum absolute atomic E-state index is 0.115. The maximum atomic E-state index is 14.5. The highest BCUT2D eigenvalue weighted by Gasteiger charge is 2.26. The predicted molar refractivity (Wildman–Crippen MR) is 107 cm³/mol. The van der Waals surface area contributed by atoms with Gasteiger partial charge < -0.3 is 4.74 Å². The number of ether oxygens (including phenoxy) is 1. The van der Waals surface area contributed by atoms with E-state index in [1.54, 1.807) is 12.1 Å². The molecule has 0 saturated heterocycles. The molecule has 0 radical (unpaired) electrons. The van der Waals surface area contributed by atoms with Crippen molar-refractivity contribution in [1.29, 1.82) is 0 Å². The Kier molecular flexibility index (Phi) is 6.42. The molecule has 0 fully saturated rings. The molecule has 0 aromatic heterocycles. The van der Waals surface area contributed by atoms with Gasteiger partial charge in [0.1, 0.15) is 17.5 Å². The third kappa shape index (κ3) is 6.17. The molecule has 0 bridgehead atoms. The molecule has 3 nitrogen and oxygen atoms in total. The molecule has 0 saturated carbocycles. The number of rotatable bonds is 5. The Morgan fingerprint density at radius 2 is 1.67 bits per heavy atom. The summed E-state index contributed by atoms with van der Waals surface area (Å²) in [5.41, 5.74) is 1.54. The molecule has 2 aromatic carbocycles. The first-order valence-corrected chi connectivity index (χ1v) is 9.27. The molecule has 1 unspecified atom stereocenters. The molecule has 2 aromatic rings. The number of carbonyl (C=O) groups is 1. The molecule has 1 atom stereocenters. The average molecular weight is 371 g/mol. The van der Waals surface area contributed by atoms with E-state index in [4.69, 9.17) is 4.74 Å². The number of hydrogen-bond donors (Lipinski definition) is 1. The maximum absolute atomic E-state index is 14.5. The van der Waals surface area contributed by atoms with Crippen molar-refractivity contribution in [2.75, 3.05) is 0 Å². The van der Waals surface area contributed by atoms with Gasteiger partial charge >= 0.3 is 5.97 Å². The van der Waals surface area contributed by atoms with Crippen LogP contribution in [0.5, 0.6) is 0 Å². The molecule has 4 heteroatoms. The van der Waals surface area contributed by atoms with Crippen LogP contribution in [-0.2, 0) is 21.5 Å². The first kappa shape index (κ1) is 21.1. The first-order valence-electron chi connectivity index (χ1n) is 9.27. The Balaban J connectivity index is 2.20. The lowest BCUT2D eigenvalue weighted by atomic mass is 9.86. The van der Waals surface area contributed by atoms with Gasteiger partial charge in [-0.25, -0.2) is 9.18 Å². The third-order valence-corrected chi connectivity index (χ3v) is 4.19. The fourth-order valence-corrected chi connectivity index (χ4v) is 2.71. The van der Waals surface area contributed by atoms with Gasteiger partial charge in [-0.05, 0) is 43.4 Å². The van der Waals surface area contributed by atoms with Crippen LogP contribution in [0.2, 0.25) is 0 Å². The summed E-state index contributed by atoms with van der Waals surface area (Å²) in [4.78, 5) is 12.7. The predicted octanol–water partition coefficient (Wildman–Crippen LogP) is 5.30. The fraction of sp³-hybridized carbons (Fsp3) is 0.435. The zero-order chi connectivity index (χ0) is 20.2. The second-order valence-electron chi connectivity index (χ2n) is 8.81. The van der Waals surface area contributed by atoms with Gasteiger partial charge in [-0.15, -0.1) is 0 Å². The highest BCUT2D eigenvalue weighted by atomic mass is 19.1. The molecular formula is C23H30FNO2. The van der Waals surface area contributed by atoms with Gasteiger partial charge in [-0.1, -0.05) is 63.2 Å². The standard InChI is InChI=1S/C23H30FNO2/c1-22(2,3)18-13-12-17(19(24)14-18)15-25-20(16-10-8-7-9-11-16)21(26)27-23(4,5)6/h7-14,20,25H,15H2,1-6H3. The average Bonchev–Trinajstić information content (AvgIpc) is 2.54. The molecule has 0 aliphatic carbocycles. The van der Waals surface area contributed by atoms with Crippen LogP contribution in [0.1, 0.15) is 64.3 Å². The number of benzene rings is 2. The topological polar surface area (TPSA) is 38.3 Å². The molecule has 0 amide bonds. The van der Waals surface area contributed by atoms with Crippen LogP contribution in [0.3, 0.4) is 0 Å². The second-order valence-corrected chi connectivity index (χ2v) is 8.81. The molecule has 0 aliphatic heterocycles. The second kappa shape index (κ2) is 8.22. The molecule has 0 spiro atoms. The normalized spacial score (nSPS) is 13.3. The number of esters is 1. The minimum atomic E-state index is -0.660. The molecular weight excluding hydrogens is 341 g/mol. The van der Waals surface area contributed by atoms with Crippen LogP contribution < -0.4 is 5.32 Å². The van der Waals surface area contributed by atoms with E-state index in [0.29, 0.717) is 5.56 Å². The van der Waals surface area contributed by atoms with Crippen LogP contribution in [0, 0.1) is 5.82 Å². The lowest BCUT2D eigenvalue weighted by Crippen LogP contribution is -2.35. The SMILES string of the molecule is CC(C)(C)OC(=O)C(NCc1ccc(C(C)(C)C)cc1F)c1ccccc1. The number of halogens is 1. The summed E-state index contributed by atoms with van der Waals surface area (Å²) >= 11 is 0. The smallest absolute Gasteiger partial charge is 0.328 e. The molecule has 2 rings (SSSR count). The van der Waals surface area contributed by atoms with Crippen molar-refractivity contribution in [3.8, 4) is 0 Å². The van der Waals surface area contributed by atoms with Crippen molar-refractivity contribution in [2.24, 2.45) is 0 Å². The summed E-state index contributed by atoms with van der Waals surface area (Å²) in [6, 6.07) is 14.0. The fourth-order valence-electron chi connectivity index (χ4n) is 2.71. The largest absolute Gasteiger partial charge is 0.459 e. The Hall–Kier alpha value is -2.20. The molecule has 146 valence electrons. The summed E-state index contributed by atoms with van der Waals surface area (Å²) in [6.45, 7) is 11.9. The van der Waals surface area contributed by atoms with Crippen LogP contribution in [0.25, 0.3) is 0 Å². The lowest BCUT2D eigenvalue weighted by molar-refractivity contribution is -0.157. The zero-order valence-electron chi connectivity index (χ0n) is 17.1. The Morgan fingerprint density at radius 1 is 1.04 bits per heavy atom. The van der Waals surface area contributed by atoms with Crippen molar-refractivity contribution < 1.29 is 13.9 Å². The van der Waals surface area contributed by atoms with E-state index in [0.717, 1.165) is 11.1 Å². The minimum Gasteiger partial charge on any atom is -0.459 e. The Labute approximate surface area is 161 Å². The van der Waals surface area contributed by atoms with Gasteiger partial charge in [-0.3, -0.25) is 5.32 Å². The summed E-state index contributed by atoms with van der Waals surface area (Å²) in [5, 5.41) is 3.16. The summed E-state index contributed by atoms with van der Waals surface area (Å²) < 4.78 is 20.1. The number of nitrogens with one attached hydrogen (secondary N) is 1. The van der Waals surface area contributed by atoms with Crippen molar-refractivity contribution in [2.45, 2.75) is 65.1 Å². The van der Waals surface area contributed by atoms with E-state index in [1.807, 2.05) is 77.9 Å². The monoisotopic (exact) mass is 371 g/mol. The molecule has 0 heterocycles. The Bertz CT molecular complexity index is 773. The van der Waals surface area contributed by atoms with Gasteiger partial charge in [0, 0.05) is 12.1 Å². The lowest BCUT2D eigenvalue weighted by Gasteiger charge is -2.25. The summed E-state index contributed by atoms with van der Waals surface area (Å²) in [7, 11) is 0. The van der Waals surface area contributed by atoms with Crippen molar-refractivity contribution in [1.82, 2.24) is 5.32 Å². The summed E-state index contributed by atoms with van der Waals surface area (Å²) in [5.74, 6) is -0.647. The van der Waals surface area contributed by atoms with Gasteiger partial charge in [0.25, 0.3) is 0 Å². The molecule has 27 heavy (non-hydrogen) atoms. The Morgan fingerprint density at radius 3 is 2.19 bits per heavy atom. The van der Waals surface area contributed by atoms with Gasteiger partial charge in [0.2, 0.25) is 0 Å². The van der Waals surface area contributed by atoms with Gasteiger partial charge in [0.15, 0.2) is 0 Å². The van der Waals surface area contributed by atoms with E-state index in [2.05, 4.69) is 5.32 Å². The highest BCUT2D eigenvalue weighted by Crippen LogP contribution is 2.25. The van der Waals surface area contributed by atoms with Gasteiger partial charge in [0.05, 0.1) is 0 Å². The van der Waals surface area contributed by atoms with Gasteiger partial charge in [-0.2, -0.15) is 0 Å². The van der Waals surface area contributed by atoms with E-state index < -0.39 is 11.6 Å². The molecule has 1 N–H and O–H groups in total. The number of hydrogen-bond acceptors (Lipinski definition) is 3. The first-order chi connectivity index (χ1) is 12.5. The number of carbonyl (C=O) groups excluding carboxylic acids is 1. The van der Waals surface area contributed by atoms with Crippen LogP contribution in [-0.4, -0.2) is 11.6 Å². The van der Waals surface area contributed by atoms with Crippen LogP contribution in [0.15, 0.2) is 48.5 Å². The van der Waals surface area contributed by atoms with Crippen molar-refractivity contribution in [3.05, 3.63) is 71.0 Å². The van der Waals surface area contributed by atoms with Crippen LogP contribution in [0.4, 0.5) is 4.39 Å². The summed E-state index contributed by atoms with van der Waals surface area (Å²) in [6.07, 6.45) is 0. The maximum Gasteiger partial charge on any atom is 0.328 e. The van der Waals surface area contributed by atoms with E-state index >= 15 is 0 Å². The zero-order valence-corrected chi connectivity index (χ0v) is 17.1. The van der Waals surface area contributed by atoms with E-state index in [-0.39, 0.29) is 23.7 Å². The van der Waals surface area contributed by atoms with Crippen molar-refractivity contribution in [3.63, 3.8) is 0 Å². The van der Waals surface area contributed by atoms with E-state index in [9.17, 15) is 9.18 Å². The van der Waals surface area contributed by atoms with Crippen molar-refractivity contribution >= 4 is 5.97 Å². The highest BCUT2D eigenvalue weighted by molar-refractivity contribution is 5.78. The molecule has 0 aliphatic rings.